The highest BCUT2D eigenvalue weighted by atomic mass is 79.9. The summed E-state index contributed by atoms with van der Waals surface area (Å²) in [5.41, 5.74) is 2.05. The van der Waals surface area contributed by atoms with Gasteiger partial charge >= 0.3 is 0 Å². The zero-order valence-electron chi connectivity index (χ0n) is 9.07. The summed E-state index contributed by atoms with van der Waals surface area (Å²) in [5.74, 6) is 1.55. The summed E-state index contributed by atoms with van der Waals surface area (Å²) in [5, 5.41) is 0. The quantitative estimate of drug-likeness (QED) is 0.846. The van der Waals surface area contributed by atoms with Crippen LogP contribution in [-0.4, -0.2) is 17.1 Å². The molecule has 1 aromatic heterocycles. The molecule has 0 aliphatic heterocycles. The summed E-state index contributed by atoms with van der Waals surface area (Å²) in [6.45, 7) is 2.01. The van der Waals surface area contributed by atoms with Crippen LogP contribution in [0.4, 0.5) is 0 Å². The van der Waals surface area contributed by atoms with E-state index in [-0.39, 0.29) is 0 Å². The van der Waals surface area contributed by atoms with Crippen LogP contribution < -0.4 is 4.74 Å². The number of rotatable bonds is 2. The van der Waals surface area contributed by atoms with E-state index in [1.807, 2.05) is 25.1 Å². The number of methoxy groups -OCH3 is 1. The maximum absolute atomic E-state index is 5.27. The van der Waals surface area contributed by atoms with E-state index in [1.54, 1.807) is 19.5 Å². The normalized spacial score (nSPS) is 10.2. The summed E-state index contributed by atoms with van der Waals surface area (Å²) in [6, 6.07) is 5.93. The molecule has 82 valence electrons. The smallest absolute Gasteiger partial charge is 0.159 e. The molecule has 0 radical (unpaired) electrons. The molecule has 0 saturated heterocycles. The molecule has 0 saturated carbocycles. The third-order valence-corrected chi connectivity index (χ3v) is 2.70. The Morgan fingerprint density at radius 2 is 1.88 bits per heavy atom. The number of aryl methyl sites for hydroxylation is 1. The van der Waals surface area contributed by atoms with E-state index in [2.05, 4.69) is 25.9 Å². The Bertz CT molecular complexity index is 497. The van der Waals surface area contributed by atoms with Crippen LogP contribution in [0.5, 0.6) is 5.75 Å². The van der Waals surface area contributed by atoms with Gasteiger partial charge in [0.2, 0.25) is 0 Å². The number of hydrogen-bond acceptors (Lipinski definition) is 3. The first-order valence-electron chi connectivity index (χ1n) is 4.83. The Kier molecular flexibility index (Phi) is 3.19. The third-order valence-electron chi connectivity index (χ3n) is 2.29. The van der Waals surface area contributed by atoms with Crippen molar-refractivity contribution in [3.05, 3.63) is 40.6 Å². The average molecular weight is 279 g/mol. The van der Waals surface area contributed by atoms with Gasteiger partial charge in [-0.05, 0) is 34.5 Å². The van der Waals surface area contributed by atoms with Gasteiger partial charge in [-0.25, -0.2) is 9.97 Å². The van der Waals surface area contributed by atoms with Gasteiger partial charge < -0.3 is 4.74 Å². The standard InChI is InChI=1S/C12H11BrN2O/c1-8-3-4-9(5-11(8)16-2)12-14-6-10(13)7-15-12/h3-7H,1-2H3. The van der Waals surface area contributed by atoms with Crippen molar-refractivity contribution in [2.24, 2.45) is 0 Å². The van der Waals surface area contributed by atoms with E-state index in [9.17, 15) is 0 Å². The molecular formula is C12H11BrN2O. The number of benzene rings is 1. The molecule has 3 nitrogen and oxygen atoms in total. The van der Waals surface area contributed by atoms with Crippen molar-refractivity contribution < 1.29 is 4.74 Å². The summed E-state index contributed by atoms with van der Waals surface area (Å²) < 4.78 is 6.14. The summed E-state index contributed by atoms with van der Waals surface area (Å²) in [4.78, 5) is 8.48. The second-order valence-electron chi connectivity index (χ2n) is 3.41. The molecule has 2 rings (SSSR count). The van der Waals surface area contributed by atoms with Gasteiger partial charge in [0, 0.05) is 18.0 Å². The van der Waals surface area contributed by atoms with Gasteiger partial charge in [0.25, 0.3) is 0 Å². The van der Waals surface area contributed by atoms with E-state index in [0.29, 0.717) is 5.82 Å². The van der Waals surface area contributed by atoms with E-state index in [1.165, 1.54) is 0 Å². The number of hydrogen-bond donors (Lipinski definition) is 0. The summed E-state index contributed by atoms with van der Waals surface area (Å²) >= 11 is 3.31. The van der Waals surface area contributed by atoms with Crippen LogP contribution in [0.3, 0.4) is 0 Å². The molecule has 1 aromatic carbocycles. The van der Waals surface area contributed by atoms with Crippen LogP contribution in [0.2, 0.25) is 0 Å². The van der Waals surface area contributed by atoms with Crippen LogP contribution in [0.15, 0.2) is 35.1 Å². The highest BCUT2D eigenvalue weighted by Gasteiger charge is 2.04. The minimum absolute atomic E-state index is 0.696. The lowest BCUT2D eigenvalue weighted by Gasteiger charge is -2.06. The fourth-order valence-corrected chi connectivity index (χ4v) is 1.63. The minimum Gasteiger partial charge on any atom is -0.496 e. The van der Waals surface area contributed by atoms with Gasteiger partial charge in [-0.2, -0.15) is 0 Å². The number of aromatic nitrogens is 2. The van der Waals surface area contributed by atoms with Crippen LogP contribution >= 0.6 is 15.9 Å². The van der Waals surface area contributed by atoms with E-state index < -0.39 is 0 Å². The van der Waals surface area contributed by atoms with Crippen LogP contribution in [0, 0.1) is 6.92 Å². The second kappa shape index (κ2) is 4.61. The molecule has 4 heteroatoms. The van der Waals surface area contributed by atoms with E-state index >= 15 is 0 Å². The maximum atomic E-state index is 5.27. The number of nitrogens with zero attached hydrogens (tertiary/aromatic N) is 2. The van der Waals surface area contributed by atoms with Gasteiger partial charge in [0.05, 0.1) is 11.6 Å². The molecule has 0 aliphatic carbocycles. The third kappa shape index (κ3) is 2.22. The fourth-order valence-electron chi connectivity index (χ4n) is 1.42. The first kappa shape index (κ1) is 11.1. The van der Waals surface area contributed by atoms with Crippen molar-refractivity contribution >= 4 is 15.9 Å². The molecule has 1 heterocycles. The molecule has 0 unspecified atom stereocenters. The molecular weight excluding hydrogens is 268 g/mol. The SMILES string of the molecule is COc1cc(-c2ncc(Br)cn2)ccc1C. The first-order valence-corrected chi connectivity index (χ1v) is 5.62. The van der Waals surface area contributed by atoms with Crippen LogP contribution in [-0.2, 0) is 0 Å². The van der Waals surface area contributed by atoms with E-state index in [0.717, 1.165) is 21.3 Å². The van der Waals surface area contributed by atoms with Crippen molar-refractivity contribution in [1.82, 2.24) is 9.97 Å². The first-order chi connectivity index (χ1) is 7.70. The van der Waals surface area contributed by atoms with Crippen LogP contribution in [0.25, 0.3) is 11.4 Å². The zero-order valence-corrected chi connectivity index (χ0v) is 10.7. The zero-order chi connectivity index (χ0) is 11.5. The van der Waals surface area contributed by atoms with Gasteiger partial charge in [-0.1, -0.05) is 12.1 Å². The Morgan fingerprint density at radius 3 is 2.50 bits per heavy atom. The predicted octanol–water partition coefficient (Wildman–Crippen LogP) is 3.22. The van der Waals surface area contributed by atoms with E-state index in [4.69, 9.17) is 4.74 Å². The Hall–Kier alpha value is -1.42. The lowest BCUT2D eigenvalue weighted by molar-refractivity contribution is 0.412. The fraction of sp³-hybridized carbons (Fsp3) is 0.167. The molecule has 2 aromatic rings. The highest BCUT2D eigenvalue weighted by Crippen LogP contribution is 2.24. The van der Waals surface area contributed by atoms with Gasteiger partial charge in [-0.15, -0.1) is 0 Å². The van der Waals surface area contributed by atoms with Crippen molar-refractivity contribution in [2.75, 3.05) is 7.11 Å². The highest BCUT2D eigenvalue weighted by molar-refractivity contribution is 9.10. The average Bonchev–Trinajstić information content (AvgIpc) is 2.31. The lowest BCUT2D eigenvalue weighted by atomic mass is 10.1. The molecule has 0 bridgehead atoms. The van der Waals surface area contributed by atoms with Gasteiger partial charge in [0.15, 0.2) is 5.82 Å². The predicted molar refractivity (Wildman–Crippen MR) is 66.5 cm³/mol. The van der Waals surface area contributed by atoms with Crippen molar-refractivity contribution in [1.29, 1.82) is 0 Å². The topological polar surface area (TPSA) is 35.0 Å². The minimum atomic E-state index is 0.696. The Balaban J connectivity index is 2.44. The monoisotopic (exact) mass is 278 g/mol. The van der Waals surface area contributed by atoms with Gasteiger partial charge in [0.1, 0.15) is 5.75 Å². The molecule has 0 aliphatic rings. The van der Waals surface area contributed by atoms with Crippen molar-refractivity contribution in [3.63, 3.8) is 0 Å². The number of halogens is 1. The summed E-state index contributed by atoms with van der Waals surface area (Å²) in [6.07, 6.45) is 3.46. The molecule has 0 atom stereocenters. The maximum Gasteiger partial charge on any atom is 0.159 e. The van der Waals surface area contributed by atoms with Crippen molar-refractivity contribution in [2.45, 2.75) is 6.92 Å². The van der Waals surface area contributed by atoms with Gasteiger partial charge in [-0.3, -0.25) is 0 Å². The molecule has 0 N–H and O–H groups in total. The lowest BCUT2D eigenvalue weighted by Crippen LogP contribution is -1.91. The Labute approximate surface area is 103 Å². The molecule has 16 heavy (non-hydrogen) atoms. The molecule has 0 amide bonds. The largest absolute Gasteiger partial charge is 0.496 e. The Morgan fingerprint density at radius 1 is 1.19 bits per heavy atom. The van der Waals surface area contributed by atoms with Crippen molar-refractivity contribution in [3.8, 4) is 17.1 Å². The van der Waals surface area contributed by atoms with Crippen LogP contribution in [0.1, 0.15) is 5.56 Å². The number of ether oxygens (including phenoxy) is 1. The second-order valence-corrected chi connectivity index (χ2v) is 4.32. The summed E-state index contributed by atoms with van der Waals surface area (Å²) in [7, 11) is 1.66. The molecule has 0 spiro atoms. The molecule has 0 fully saturated rings.